The Hall–Kier alpha value is -1.63. The van der Waals surface area contributed by atoms with Gasteiger partial charge in [0.25, 0.3) is 5.91 Å². The Labute approximate surface area is 149 Å². The van der Waals surface area contributed by atoms with Crippen molar-refractivity contribution in [2.75, 3.05) is 26.3 Å². The fourth-order valence-electron chi connectivity index (χ4n) is 2.02. The molecule has 0 spiro atoms. The van der Waals surface area contributed by atoms with Crippen LogP contribution in [0.4, 0.5) is 0 Å². The van der Waals surface area contributed by atoms with Crippen LogP contribution in [0, 0.1) is 11.3 Å². The third kappa shape index (κ3) is 4.26. The van der Waals surface area contributed by atoms with Crippen LogP contribution < -0.4 is 5.32 Å². The Morgan fingerprint density at radius 1 is 1.21 bits per heavy atom. The number of nitriles is 1. The van der Waals surface area contributed by atoms with Crippen molar-refractivity contribution in [1.82, 2.24) is 9.62 Å². The van der Waals surface area contributed by atoms with E-state index in [1.165, 1.54) is 28.6 Å². The van der Waals surface area contributed by atoms with E-state index in [2.05, 4.69) is 5.32 Å². The molecule has 0 saturated carbocycles. The molecule has 1 amide bonds. The van der Waals surface area contributed by atoms with Crippen molar-refractivity contribution in [3.8, 4) is 6.07 Å². The number of amides is 1. The maximum absolute atomic E-state index is 12.5. The van der Waals surface area contributed by atoms with Gasteiger partial charge in [-0.2, -0.15) is 9.57 Å². The van der Waals surface area contributed by atoms with Crippen LogP contribution >= 0.6 is 23.2 Å². The summed E-state index contributed by atoms with van der Waals surface area (Å²) in [6, 6.07) is 7.01. The molecule has 24 heavy (non-hydrogen) atoms. The molecule has 1 heterocycles. The summed E-state index contributed by atoms with van der Waals surface area (Å²) >= 11 is 10.9. The number of morpholine rings is 1. The van der Waals surface area contributed by atoms with Crippen LogP contribution in [0.2, 0.25) is 0 Å². The highest BCUT2D eigenvalue weighted by Gasteiger charge is 2.26. The lowest BCUT2D eigenvalue weighted by molar-refractivity contribution is 0.0730. The van der Waals surface area contributed by atoms with Gasteiger partial charge in [0.15, 0.2) is 5.70 Å². The molecular weight excluding hydrogens is 377 g/mol. The minimum Gasteiger partial charge on any atom is -0.379 e. The molecule has 2 rings (SSSR count). The first kappa shape index (κ1) is 18.7. The highest BCUT2D eigenvalue weighted by atomic mass is 35.5. The van der Waals surface area contributed by atoms with E-state index in [1.807, 2.05) is 0 Å². The molecule has 1 aromatic rings. The molecule has 0 aromatic heterocycles. The minimum atomic E-state index is -3.63. The number of carbonyl (C=O) groups excluding carboxylic acids is 1. The van der Waals surface area contributed by atoms with Gasteiger partial charge in [-0.1, -0.05) is 23.2 Å². The normalized spacial score (nSPS) is 15.4. The molecule has 1 aliphatic heterocycles. The molecule has 1 aromatic carbocycles. The van der Waals surface area contributed by atoms with Crippen molar-refractivity contribution in [3.63, 3.8) is 0 Å². The summed E-state index contributed by atoms with van der Waals surface area (Å²) in [7, 11) is -3.63. The number of allylic oxidation sites excluding steroid dienone is 1. The Balaban J connectivity index is 2.17. The molecule has 0 atom stereocenters. The number of ether oxygens (including phenoxy) is 1. The van der Waals surface area contributed by atoms with Crippen molar-refractivity contribution >= 4 is 39.1 Å². The first-order valence-electron chi connectivity index (χ1n) is 6.81. The van der Waals surface area contributed by atoms with Gasteiger partial charge in [0.1, 0.15) is 10.6 Å². The summed E-state index contributed by atoms with van der Waals surface area (Å²) in [5.41, 5.74) is -0.119. The van der Waals surface area contributed by atoms with Crippen molar-refractivity contribution in [2.24, 2.45) is 0 Å². The Bertz CT molecular complexity index is 790. The minimum absolute atomic E-state index is 0.0763. The maximum Gasteiger partial charge on any atom is 0.256 e. The number of nitrogens with one attached hydrogen (secondary N) is 1. The van der Waals surface area contributed by atoms with Crippen LogP contribution in [0.25, 0.3) is 0 Å². The zero-order valence-corrected chi connectivity index (χ0v) is 14.7. The quantitative estimate of drug-likeness (QED) is 0.788. The molecule has 10 heteroatoms. The fourth-order valence-corrected chi connectivity index (χ4v) is 3.60. The molecule has 1 saturated heterocycles. The zero-order valence-electron chi connectivity index (χ0n) is 12.3. The van der Waals surface area contributed by atoms with Gasteiger partial charge in [-0.25, -0.2) is 8.42 Å². The Kier molecular flexibility index (Phi) is 6.21. The highest BCUT2D eigenvalue weighted by molar-refractivity contribution is 7.89. The SMILES string of the molecule is N#CC(NC(=O)c1ccc(S(=O)(=O)N2CCOCC2)cc1)=C(Cl)Cl. The lowest BCUT2D eigenvalue weighted by Gasteiger charge is -2.26. The van der Waals surface area contributed by atoms with E-state index in [4.69, 9.17) is 33.2 Å². The molecule has 0 radical (unpaired) electrons. The van der Waals surface area contributed by atoms with Crippen LogP contribution in [-0.2, 0) is 14.8 Å². The van der Waals surface area contributed by atoms with Gasteiger partial charge in [-0.15, -0.1) is 0 Å². The largest absolute Gasteiger partial charge is 0.379 e. The van der Waals surface area contributed by atoms with Gasteiger partial charge in [-0.05, 0) is 24.3 Å². The van der Waals surface area contributed by atoms with Gasteiger partial charge in [-0.3, -0.25) is 4.79 Å². The van der Waals surface area contributed by atoms with E-state index in [1.54, 1.807) is 6.07 Å². The van der Waals surface area contributed by atoms with E-state index in [0.717, 1.165) is 0 Å². The number of hydrogen-bond acceptors (Lipinski definition) is 5. The van der Waals surface area contributed by atoms with Crippen LogP contribution in [0.5, 0.6) is 0 Å². The molecular formula is C14H13Cl2N3O4S. The average molecular weight is 390 g/mol. The molecule has 1 aliphatic rings. The van der Waals surface area contributed by atoms with Crippen LogP contribution in [-0.4, -0.2) is 44.9 Å². The molecule has 7 nitrogen and oxygen atoms in total. The van der Waals surface area contributed by atoms with Gasteiger partial charge < -0.3 is 10.1 Å². The second-order valence-electron chi connectivity index (χ2n) is 4.74. The Morgan fingerprint density at radius 3 is 2.29 bits per heavy atom. The smallest absolute Gasteiger partial charge is 0.256 e. The van der Waals surface area contributed by atoms with Gasteiger partial charge in [0.2, 0.25) is 10.0 Å². The number of hydrogen-bond donors (Lipinski definition) is 1. The number of benzene rings is 1. The van der Waals surface area contributed by atoms with Crippen molar-refractivity contribution in [1.29, 1.82) is 5.26 Å². The van der Waals surface area contributed by atoms with Gasteiger partial charge >= 0.3 is 0 Å². The van der Waals surface area contributed by atoms with Gasteiger partial charge in [0, 0.05) is 18.7 Å². The first-order chi connectivity index (χ1) is 11.4. The predicted octanol–water partition coefficient (Wildman–Crippen LogP) is 1.61. The number of carbonyl (C=O) groups is 1. The summed E-state index contributed by atoms with van der Waals surface area (Å²) < 4.78 is 31.0. The van der Waals surface area contributed by atoms with Gasteiger partial charge in [0.05, 0.1) is 18.1 Å². The summed E-state index contributed by atoms with van der Waals surface area (Å²) in [6.07, 6.45) is 0. The summed E-state index contributed by atoms with van der Waals surface area (Å²) in [5.74, 6) is -0.624. The predicted molar refractivity (Wildman–Crippen MR) is 87.8 cm³/mol. The lowest BCUT2D eigenvalue weighted by atomic mass is 10.2. The van der Waals surface area contributed by atoms with E-state index in [9.17, 15) is 13.2 Å². The van der Waals surface area contributed by atoms with E-state index in [0.29, 0.717) is 13.2 Å². The molecule has 0 aliphatic carbocycles. The van der Waals surface area contributed by atoms with Crippen LogP contribution in [0.15, 0.2) is 39.3 Å². The molecule has 1 N–H and O–H groups in total. The lowest BCUT2D eigenvalue weighted by Crippen LogP contribution is -2.40. The zero-order chi connectivity index (χ0) is 17.7. The Morgan fingerprint density at radius 2 is 1.79 bits per heavy atom. The van der Waals surface area contributed by atoms with E-state index in [-0.39, 0.29) is 33.7 Å². The molecule has 0 unspecified atom stereocenters. The molecule has 1 fully saturated rings. The molecule has 128 valence electrons. The molecule has 0 bridgehead atoms. The van der Waals surface area contributed by atoms with Crippen molar-refractivity contribution in [3.05, 3.63) is 40.0 Å². The summed E-state index contributed by atoms with van der Waals surface area (Å²) in [4.78, 5) is 12.1. The number of nitrogens with zero attached hydrogens (tertiary/aromatic N) is 2. The van der Waals surface area contributed by atoms with E-state index >= 15 is 0 Å². The number of sulfonamides is 1. The van der Waals surface area contributed by atoms with E-state index < -0.39 is 15.9 Å². The standard InChI is InChI=1S/C14H13Cl2N3O4S/c15-13(16)12(9-17)18-14(20)10-1-3-11(4-2-10)24(21,22)19-5-7-23-8-6-19/h1-4H,5-8H2,(H,18,20). The van der Waals surface area contributed by atoms with Crippen LogP contribution in [0.3, 0.4) is 0 Å². The van der Waals surface area contributed by atoms with Crippen LogP contribution in [0.1, 0.15) is 10.4 Å². The number of halogens is 2. The summed E-state index contributed by atoms with van der Waals surface area (Å²) in [6.45, 7) is 1.27. The second-order valence-corrected chi connectivity index (χ2v) is 7.63. The number of rotatable bonds is 4. The average Bonchev–Trinajstić information content (AvgIpc) is 2.60. The summed E-state index contributed by atoms with van der Waals surface area (Å²) in [5, 5.41) is 11.0. The van der Waals surface area contributed by atoms with Crippen molar-refractivity contribution in [2.45, 2.75) is 4.90 Å². The first-order valence-corrected chi connectivity index (χ1v) is 9.00. The third-order valence-electron chi connectivity index (χ3n) is 3.26. The second kappa shape index (κ2) is 7.96. The fraction of sp³-hybridized carbons (Fsp3) is 0.286. The highest BCUT2D eigenvalue weighted by Crippen LogP contribution is 2.18. The maximum atomic E-state index is 12.5. The topological polar surface area (TPSA) is 99.5 Å². The third-order valence-corrected chi connectivity index (χ3v) is 5.55. The monoisotopic (exact) mass is 389 g/mol. The van der Waals surface area contributed by atoms with Crippen molar-refractivity contribution < 1.29 is 17.9 Å².